The molecule has 0 unspecified atom stereocenters. The van der Waals surface area contributed by atoms with E-state index in [1.807, 2.05) is 0 Å². The Balaban J connectivity index is 1.82. The van der Waals surface area contributed by atoms with Crippen LogP contribution in [0.3, 0.4) is 0 Å². The Kier molecular flexibility index (Phi) is 7.22. The summed E-state index contributed by atoms with van der Waals surface area (Å²) in [6.45, 7) is 6.04. The number of methoxy groups -OCH3 is 1. The lowest BCUT2D eigenvalue weighted by molar-refractivity contribution is -0.136. The van der Waals surface area contributed by atoms with Crippen LogP contribution < -0.4 is 10.1 Å². The molecule has 7 heteroatoms. The SMILES string of the molecule is CCOc1cc([C@@H]2C(C(=O)OC)=C(C)NC3=C2C(=O)C[C@H](c2ccc(CC)cc2)C3)cc(Cl)c1O. The Morgan fingerprint density at radius 3 is 2.49 bits per heavy atom. The number of benzene rings is 2. The molecule has 2 aliphatic rings. The van der Waals surface area contributed by atoms with Gasteiger partial charge in [0.15, 0.2) is 17.3 Å². The van der Waals surface area contributed by atoms with Gasteiger partial charge in [0.1, 0.15) is 0 Å². The van der Waals surface area contributed by atoms with Crippen molar-refractivity contribution in [3.8, 4) is 11.5 Å². The first kappa shape index (κ1) is 24.9. The summed E-state index contributed by atoms with van der Waals surface area (Å²) in [6, 6.07) is 11.6. The number of hydrogen-bond donors (Lipinski definition) is 2. The molecule has 1 heterocycles. The number of hydrogen-bond acceptors (Lipinski definition) is 6. The number of phenolic OH excluding ortho intramolecular Hbond substituents is 1. The second-order valence-corrected chi connectivity index (χ2v) is 9.29. The Bertz CT molecular complexity index is 1230. The van der Waals surface area contributed by atoms with E-state index >= 15 is 0 Å². The van der Waals surface area contributed by atoms with E-state index < -0.39 is 11.9 Å². The molecule has 2 aromatic rings. The molecule has 4 rings (SSSR count). The summed E-state index contributed by atoms with van der Waals surface area (Å²) in [6.07, 6.45) is 1.93. The third-order valence-electron chi connectivity index (χ3n) is 6.78. The van der Waals surface area contributed by atoms with Crippen LogP contribution in [-0.2, 0) is 20.7 Å². The minimum absolute atomic E-state index is 0.0372. The van der Waals surface area contributed by atoms with E-state index in [9.17, 15) is 14.7 Å². The molecule has 35 heavy (non-hydrogen) atoms. The molecule has 0 fully saturated rings. The third kappa shape index (κ3) is 4.67. The van der Waals surface area contributed by atoms with Crippen LogP contribution in [0.4, 0.5) is 0 Å². The van der Waals surface area contributed by atoms with Crippen molar-refractivity contribution >= 4 is 23.4 Å². The number of nitrogens with one attached hydrogen (secondary N) is 1. The van der Waals surface area contributed by atoms with Crippen LogP contribution in [-0.4, -0.2) is 30.6 Å². The van der Waals surface area contributed by atoms with Gasteiger partial charge < -0.3 is 19.9 Å². The van der Waals surface area contributed by atoms with Crippen molar-refractivity contribution in [2.75, 3.05) is 13.7 Å². The molecule has 2 atom stereocenters. The lowest BCUT2D eigenvalue weighted by Gasteiger charge is -2.36. The van der Waals surface area contributed by atoms with E-state index in [-0.39, 0.29) is 28.2 Å². The maximum absolute atomic E-state index is 13.7. The van der Waals surface area contributed by atoms with Gasteiger partial charge in [-0.25, -0.2) is 4.79 Å². The summed E-state index contributed by atoms with van der Waals surface area (Å²) < 4.78 is 10.7. The van der Waals surface area contributed by atoms with Gasteiger partial charge in [0, 0.05) is 29.3 Å². The number of aryl methyl sites for hydroxylation is 1. The highest BCUT2D eigenvalue weighted by molar-refractivity contribution is 6.32. The summed E-state index contributed by atoms with van der Waals surface area (Å²) >= 11 is 6.33. The third-order valence-corrected chi connectivity index (χ3v) is 7.06. The number of carbonyl (C=O) groups excluding carboxylic acids is 2. The molecule has 0 aromatic heterocycles. The Morgan fingerprint density at radius 1 is 1.14 bits per heavy atom. The van der Waals surface area contributed by atoms with Crippen LogP contribution in [0.2, 0.25) is 5.02 Å². The van der Waals surface area contributed by atoms with E-state index in [0.717, 1.165) is 17.7 Å². The number of allylic oxidation sites excluding steroid dienone is 3. The zero-order valence-corrected chi connectivity index (χ0v) is 21.2. The maximum Gasteiger partial charge on any atom is 0.336 e. The molecule has 2 N–H and O–H groups in total. The van der Waals surface area contributed by atoms with Gasteiger partial charge in [0.05, 0.1) is 24.3 Å². The Morgan fingerprint density at radius 2 is 1.86 bits per heavy atom. The second kappa shape index (κ2) is 10.2. The van der Waals surface area contributed by atoms with Gasteiger partial charge in [-0.1, -0.05) is 42.8 Å². The molecule has 2 aromatic carbocycles. The van der Waals surface area contributed by atoms with E-state index in [0.29, 0.717) is 41.9 Å². The van der Waals surface area contributed by atoms with Crippen LogP contribution in [0.1, 0.15) is 62.1 Å². The molecule has 0 spiro atoms. The Hall–Kier alpha value is -3.25. The van der Waals surface area contributed by atoms with Crippen LogP contribution in [0.25, 0.3) is 0 Å². The first-order chi connectivity index (χ1) is 16.8. The quantitative estimate of drug-likeness (QED) is 0.512. The van der Waals surface area contributed by atoms with Crippen molar-refractivity contribution < 1.29 is 24.2 Å². The summed E-state index contributed by atoms with van der Waals surface area (Å²) in [5, 5.41) is 13.8. The molecule has 0 bridgehead atoms. The van der Waals surface area contributed by atoms with Gasteiger partial charge in [-0.15, -0.1) is 0 Å². The molecule has 0 amide bonds. The summed E-state index contributed by atoms with van der Waals surface area (Å²) in [5.74, 6) is -1.19. The van der Waals surface area contributed by atoms with E-state index in [4.69, 9.17) is 21.1 Å². The topological polar surface area (TPSA) is 84.9 Å². The van der Waals surface area contributed by atoms with Crippen molar-refractivity contribution in [3.05, 3.63) is 80.7 Å². The number of Topliss-reactive ketones (excluding diaryl/α,β-unsaturated/α-hetero) is 1. The van der Waals surface area contributed by atoms with Crippen LogP contribution in [0.15, 0.2) is 58.9 Å². The van der Waals surface area contributed by atoms with Crippen molar-refractivity contribution in [2.24, 2.45) is 0 Å². The molecule has 184 valence electrons. The average molecular weight is 496 g/mol. The minimum atomic E-state index is -0.688. The van der Waals surface area contributed by atoms with Crippen molar-refractivity contribution in [3.63, 3.8) is 0 Å². The first-order valence-corrected chi connectivity index (χ1v) is 12.2. The summed E-state index contributed by atoms with van der Waals surface area (Å²) in [7, 11) is 1.32. The largest absolute Gasteiger partial charge is 0.503 e. The van der Waals surface area contributed by atoms with Gasteiger partial charge in [-0.05, 0) is 61.4 Å². The standard InChI is InChI=1S/C28H30ClNO5/c1-5-16-7-9-17(10-8-16)18-12-21-26(22(31)13-18)25(24(15(3)30-21)28(33)34-4)19-11-20(29)27(32)23(14-19)35-6-2/h7-11,14,18,25,30,32H,5-6,12-13H2,1-4H3/t18-,25-/m1/s1. The van der Waals surface area contributed by atoms with Gasteiger partial charge in [-0.3, -0.25) is 4.79 Å². The number of ketones is 1. The lowest BCUT2D eigenvalue weighted by atomic mass is 9.71. The number of ether oxygens (including phenoxy) is 2. The van der Waals surface area contributed by atoms with E-state index in [1.165, 1.54) is 12.7 Å². The number of dihydropyridines is 1. The van der Waals surface area contributed by atoms with Crippen LogP contribution in [0.5, 0.6) is 11.5 Å². The second-order valence-electron chi connectivity index (χ2n) is 8.89. The fraction of sp³-hybridized carbons (Fsp3) is 0.357. The number of carbonyl (C=O) groups is 2. The highest BCUT2D eigenvalue weighted by atomic mass is 35.5. The predicted octanol–water partition coefficient (Wildman–Crippen LogP) is 5.54. The van der Waals surface area contributed by atoms with Crippen LogP contribution in [0, 0.1) is 0 Å². The van der Waals surface area contributed by atoms with Crippen molar-refractivity contribution in [1.82, 2.24) is 5.32 Å². The zero-order valence-electron chi connectivity index (χ0n) is 20.4. The summed E-state index contributed by atoms with van der Waals surface area (Å²) in [4.78, 5) is 26.5. The number of rotatable bonds is 6. The molecule has 0 saturated heterocycles. The Labute approximate surface area is 210 Å². The smallest absolute Gasteiger partial charge is 0.336 e. The average Bonchev–Trinajstić information content (AvgIpc) is 2.85. The molecule has 0 radical (unpaired) electrons. The number of phenols is 1. The monoisotopic (exact) mass is 495 g/mol. The fourth-order valence-corrected chi connectivity index (χ4v) is 5.26. The molecular formula is C28H30ClNO5. The number of halogens is 1. The summed E-state index contributed by atoms with van der Waals surface area (Å²) in [5.41, 5.74) is 5.25. The highest BCUT2D eigenvalue weighted by Crippen LogP contribution is 2.48. The zero-order chi connectivity index (χ0) is 25.3. The van der Waals surface area contributed by atoms with Gasteiger partial charge in [-0.2, -0.15) is 0 Å². The maximum atomic E-state index is 13.7. The molecule has 0 saturated carbocycles. The number of aromatic hydroxyl groups is 1. The molecular weight excluding hydrogens is 466 g/mol. The van der Waals surface area contributed by atoms with Gasteiger partial charge >= 0.3 is 5.97 Å². The predicted molar refractivity (Wildman–Crippen MR) is 135 cm³/mol. The minimum Gasteiger partial charge on any atom is -0.503 e. The number of esters is 1. The van der Waals surface area contributed by atoms with Gasteiger partial charge in [0.25, 0.3) is 0 Å². The van der Waals surface area contributed by atoms with Crippen molar-refractivity contribution in [1.29, 1.82) is 0 Å². The fourth-order valence-electron chi connectivity index (χ4n) is 5.04. The normalized spacial score (nSPS) is 19.9. The van der Waals surface area contributed by atoms with Gasteiger partial charge in [0.2, 0.25) is 0 Å². The lowest BCUT2D eigenvalue weighted by Crippen LogP contribution is -2.36. The van der Waals surface area contributed by atoms with E-state index in [2.05, 4.69) is 36.5 Å². The molecule has 1 aliphatic carbocycles. The molecule has 1 aliphatic heterocycles. The molecule has 6 nitrogen and oxygen atoms in total. The first-order valence-electron chi connectivity index (χ1n) is 11.8. The van der Waals surface area contributed by atoms with Crippen molar-refractivity contribution in [2.45, 2.75) is 51.9 Å². The highest BCUT2D eigenvalue weighted by Gasteiger charge is 2.41. The van der Waals surface area contributed by atoms with E-state index in [1.54, 1.807) is 26.0 Å². The van der Waals surface area contributed by atoms with Crippen LogP contribution >= 0.6 is 11.6 Å².